The molecule has 0 radical (unpaired) electrons. The third kappa shape index (κ3) is 7.38. The van der Waals surface area contributed by atoms with E-state index in [1.54, 1.807) is 7.11 Å². The Morgan fingerprint density at radius 1 is 1.25 bits per heavy atom. The Bertz CT molecular complexity index is 860. The number of aryl methyl sites for hydroxylation is 1. The molecular formula is C26H38N2O3S. The van der Waals surface area contributed by atoms with Crippen LogP contribution in [0.2, 0.25) is 0 Å². The smallest absolute Gasteiger partial charge is 0.303 e. The number of rotatable bonds is 13. The summed E-state index contributed by atoms with van der Waals surface area (Å²) >= 11 is 2.03. The molecule has 1 saturated heterocycles. The number of pyridine rings is 1. The molecule has 1 aromatic carbocycles. The molecule has 0 bridgehead atoms. The van der Waals surface area contributed by atoms with Crippen molar-refractivity contribution in [2.45, 2.75) is 51.9 Å². The SMILES string of the molecule is CCCSCCN1CCC(CCCc2ccnc3ccc(OC)cc23)C(CCC(=O)O)C1. The third-order valence-electron chi connectivity index (χ3n) is 6.66. The zero-order chi connectivity index (χ0) is 22.8. The Kier molecular flexibility index (Phi) is 10.1. The van der Waals surface area contributed by atoms with Gasteiger partial charge in [0, 0.05) is 36.8 Å². The molecular weight excluding hydrogens is 420 g/mol. The Morgan fingerprint density at radius 2 is 2.12 bits per heavy atom. The van der Waals surface area contributed by atoms with Crippen molar-refractivity contribution in [3.05, 3.63) is 36.0 Å². The van der Waals surface area contributed by atoms with E-state index < -0.39 is 5.97 Å². The van der Waals surface area contributed by atoms with E-state index in [9.17, 15) is 9.90 Å². The number of carbonyl (C=O) groups is 1. The maximum atomic E-state index is 11.2. The zero-order valence-corrected chi connectivity index (χ0v) is 20.4. The first-order valence-corrected chi connectivity index (χ1v) is 13.2. The van der Waals surface area contributed by atoms with Gasteiger partial charge in [0.1, 0.15) is 5.75 Å². The molecule has 2 atom stereocenters. The summed E-state index contributed by atoms with van der Waals surface area (Å²) < 4.78 is 5.41. The average molecular weight is 459 g/mol. The molecule has 0 amide bonds. The van der Waals surface area contributed by atoms with Crippen LogP contribution in [0.5, 0.6) is 5.75 Å². The van der Waals surface area contributed by atoms with Crippen molar-refractivity contribution in [1.29, 1.82) is 0 Å². The summed E-state index contributed by atoms with van der Waals surface area (Å²) in [5.41, 5.74) is 2.33. The number of methoxy groups -OCH3 is 1. The fourth-order valence-corrected chi connectivity index (χ4v) is 5.78. The number of aliphatic carboxylic acids is 1. The number of piperidine rings is 1. The molecule has 1 aromatic heterocycles. The van der Waals surface area contributed by atoms with Crippen LogP contribution >= 0.6 is 11.8 Å². The highest BCUT2D eigenvalue weighted by Crippen LogP contribution is 2.32. The van der Waals surface area contributed by atoms with Gasteiger partial charge in [0.25, 0.3) is 0 Å². The quantitative estimate of drug-likeness (QED) is 0.399. The number of ether oxygens (including phenoxy) is 1. The summed E-state index contributed by atoms with van der Waals surface area (Å²) in [7, 11) is 1.70. The molecule has 2 aromatic rings. The second kappa shape index (κ2) is 13.0. The fraction of sp³-hybridized carbons (Fsp3) is 0.615. The number of carboxylic acid groups (broad SMARTS) is 1. The van der Waals surface area contributed by atoms with Crippen molar-refractivity contribution in [3.8, 4) is 5.75 Å². The van der Waals surface area contributed by atoms with E-state index in [2.05, 4.69) is 28.9 Å². The molecule has 1 aliphatic heterocycles. The number of nitrogens with zero attached hydrogens (tertiary/aromatic N) is 2. The van der Waals surface area contributed by atoms with Gasteiger partial charge in [0.05, 0.1) is 12.6 Å². The van der Waals surface area contributed by atoms with E-state index in [1.165, 1.54) is 35.3 Å². The van der Waals surface area contributed by atoms with Crippen LogP contribution in [0.15, 0.2) is 30.5 Å². The van der Waals surface area contributed by atoms with E-state index in [0.717, 1.165) is 56.6 Å². The Balaban J connectivity index is 1.56. The van der Waals surface area contributed by atoms with Crippen LogP contribution in [0.1, 0.15) is 51.0 Å². The molecule has 1 fully saturated rings. The molecule has 1 N–H and O–H groups in total. The summed E-state index contributed by atoms with van der Waals surface area (Å²) in [4.78, 5) is 18.3. The van der Waals surface area contributed by atoms with Gasteiger partial charge in [-0.15, -0.1) is 0 Å². The summed E-state index contributed by atoms with van der Waals surface area (Å²) in [6.45, 7) is 5.56. The Morgan fingerprint density at radius 3 is 2.91 bits per heavy atom. The average Bonchev–Trinajstić information content (AvgIpc) is 2.81. The molecule has 0 spiro atoms. The fourth-order valence-electron chi connectivity index (χ4n) is 4.90. The van der Waals surface area contributed by atoms with Crippen LogP contribution in [-0.2, 0) is 11.2 Å². The second-order valence-electron chi connectivity index (χ2n) is 8.90. The Labute approximate surface area is 196 Å². The maximum Gasteiger partial charge on any atom is 0.303 e. The van der Waals surface area contributed by atoms with Gasteiger partial charge in [-0.25, -0.2) is 0 Å². The van der Waals surface area contributed by atoms with Gasteiger partial charge in [-0.1, -0.05) is 6.92 Å². The highest BCUT2D eigenvalue weighted by Gasteiger charge is 2.29. The predicted octanol–water partition coefficient (Wildman–Crippen LogP) is 5.51. The van der Waals surface area contributed by atoms with E-state index in [4.69, 9.17) is 4.74 Å². The number of hydrogen-bond donors (Lipinski definition) is 1. The van der Waals surface area contributed by atoms with Crippen LogP contribution in [0.3, 0.4) is 0 Å². The monoisotopic (exact) mass is 458 g/mol. The summed E-state index contributed by atoms with van der Waals surface area (Å²) in [5.74, 6) is 3.72. The lowest BCUT2D eigenvalue weighted by molar-refractivity contribution is -0.137. The zero-order valence-electron chi connectivity index (χ0n) is 19.6. The number of likely N-dealkylation sites (tertiary alicyclic amines) is 1. The van der Waals surface area contributed by atoms with Crippen LogP contribution in [-0.4, -0.2) is 59.2 Å². The van der Waals surface area contributed by atoms with Crippen LogP contribution in [0.4, 0.5) is 0 Å². The molecule has 0 aliphatic carbocycles. The molecule has 5 nitrogen and oxygen atoms in total. The van der Waals surface area contributed by atoms with Crippen molar-refractivity contribution in [3.63, 3.8) is 0 Å². The van der Waals surface area contributed by atoms with Gasteiger partial charge < -0.3 is 14.7 Å². The number of aromatic nitrogens is 1. The highest BCUT2D eigenvalue weighted by atomic mass is 32.2. The van der Waals surface area contributed by atoms with Gasteiger partial charge in [0.2, 0.25) is 0 Å². The number of hydrogen-bond acceptors (Lipinski definition) is 5. The minimum atomic E-state index is -0.670. The normalized spacial score (nSPS) is 19.3. The number of carboxylic acids is 1. The molecule has 2 heterocycles. The van der Waals surface area contributed by atoms with Gasteiger partial charge >= 0.3 is 5.97 Å². The maximum absolute atomic E-state index is 11.2. The molecule has 0 saturated carbocycles. The van der Waals surface area contributed by atoms with Crippen molar-refractivity contribution in [2.75, 3.05) is 38.2 Å². The summed E-state index contributed by atoms with van der Waals surface area (Å²) in [6.07, 6.45) is 8.71. The largest absolute Gasteiger partial charge is 0.497 e. The van der Waals surface area contributed by atoms with E-state index in [0.29, 0.717) is 11.8 Å². The standard InChI is InChI=1S/C26H38N2O3S/c1-3-16-32-17-15-28-14-12-20(22(19-28)7-10-26(29)30)5-4-6-21-11-13-27-25-9-8-23(31-2)18-24(21)25/h8-9,11,13,18,20,22H,3-7,10,12,14-17,19H2,1-2H3,(H,29,30). The Hall–Kier alpha value is -1.79. The lowest BCUT2D eigenvalue weighted by Gasteiger charge is -2.39. The van der Waals surface area contributed by atoms with E-state index in [1.807, 2.05) is 30.1 Å². The lowest BCUT2D eigenvalue weighted by atomic mass is 9.79. The van der Waals surface area contributed by atoms with Gasteiger partial charge in [-0.2, -0.15) is 11.8 Å². The molecule has 32 heavy (non-hydrogen) atoms. The molecule has 3 rings (SSSR count). The first-order chi connectivity index (χ1) is 15.6. The second-order valence-corrected chi connectivity index (χ2v) is 10.1. The topological polar surface area (TPSA) is 62.7 Å². The van der Waals surface area contributed by atoms with Crippen molar-refractivity contribution < 1.29 is 14.6 Å². The molecule has 2 unspecified atom stereocenters. The van der Waals surface area contributed by atoms with Gasteiger partial charge in [0.15, 0.2) is 0 Å². The predicted molar refractivity (Wildman–Crippen MR) is 134 cm³/mol. The van der Waals surface area contributed by atoms with Crippen LogP contribution < -0.4 is 4.74 Å². The van der Waals surface area contributed by atoms with Gasteiger partial charge in [-0.3, -0.25) is 9.78 Å². The van der Waals surface area contributed by atoms with Crippen molar-refractivity contribution in [2.24, 2.45) is 11.8 Å². The summed E-state index contributed by atoms with van der Waals surface area (Å²) in [5, 5.41) is 10.4. The van der Waals surface area contributed by atoms with Crippen LogP contribution in [0, 0.1) is 11.8 Å². The first-order valence-electron chi connectivity index (χ1n) is 12.0. The molecule has 6 heteroatoms. The highest BCUT2D eigenvalue weighted by molar-refractivity contribution is 7.99. The van der Waals surface area contributed by atoms with E-state index in [-0.39, 0.29) is 6.42 Å². The first kappa shape index (κ1) is 24.8. The lowest BCUT2D eigenvalue weighted by Crippen LogP contribution is -2.41. The number of benzene rings is 1. The van der Waals surface area contributed by atoms with Crippen molar-refractivity contribution >= 4 is 28.6 Å². The van der Waals surface area contributed by atoms with E-state index >= 15 is 0 Å². The molecule has 1 aliphatic rings. The van der Waals surface area contributed by atoms with Gasteiger partial charge in [-0.05, 0) is 92.5 Å². The third-order valence-corrected chi connectivity index (χ3v) is 7.83. The van der Waals surface area contributed by atoms with Crippen LogP contribution in [0.25, 0.3) is 10.9 Å². The molecule has 176 valence electrons. The number of thioether (sulfide) groups is 1. The summed E-state index contributed by atoms with van der Waals surface area (Å²) in [6, 6.07) is 8.19. The number of fused-ring (bicyclic) bond motifs is 1. The van der Waals surface area contributed by atoms with Crippen molar-refractivity contribution in [1.82, 2.24) is 9.88 Å². The minimum absolute atomic E-state index is 0.286. The minimum Gasteiger partial charge on any atom is -0.497 e.